The van der Waals surface area contributed by atoms with Crippen molar-refractivity contribution in [1.82, 2.24) is 9.55 Å². The highest BCUT2D eigenvalue weighted by molar-refractivity contribution is 5.79. The Morgan fingerprint density at radius 1 is 1.29 bits per heavy atom. The molecule has 1 aliphatic carbocycles. The maximum Gasteiger partial charge on any atom is 0.201 e. The first-order chi connectivity index (χ1) is 10.2. The highest BCUT2D eigenvalue weighted by Crippen LogP contribution is 2.31. The summed E-state index contributed by atoms with van der Waals surface area (Å²) in [5, 5.41) is 0. The molecule has 0 radical (unpaired) electrons. The summed E-state index contributed by atoms with van der Waals surface area (Å²) in [6, 6.07) is 5.98. The fourth-order valence-electron chi connectivity index (χ4n) is 3.42. The summed E-state index contributed by atoms with van der Waals surface area (Å²) in [6.45, 7) is 3.33. The monoisotopic (exact) mass is 287 g/mol. The van der Waals surface area contributed by atoms with Crippen LogP contribution in [0.5, 0.6) is 5.75 Å². The molecule has 0 saturated heterocycles. The van der Waals surface area contributed by atoms with Crippen molar-refractivity contribution in [2.45, 2.75) is 45.6 Å². The van der Waals surface area contributed by atoms with Gasteiger partial charge in [0.25, 0.3) is 0 Å². The lowest BCUT2D eigenvalue weighted by Crippen LogP contribution is -2.15. The number of aryl methyl sites for hydroxylation is 1. The Kier molecular flexibility index (Phi) is 4.04. The van der Waals surface area contributed by atoms with Gasteiger partial charge in [-0.2, -0.15) is 0 Å². The smallest absolute Gasteiger partial charge is 0.201 e. The fourth-order valence-corrected chi connectivity index (χ4v) is 3.42. The van der Waals surface area contributed by atoms with E-state index in [9.17, 15) is 0 Å². The predicted octanol–water partition coefficient (Wildman–Crippen LogP) is 3.84. The van der Waals surface area contributed by atoms with Crippen molar-refractivity contribution < 1.29 is 4.74 Å². The van der Waals surface area contributed by atoms with Gasteiger partial charge in [-0.3, -0.25) is 0 Å². The van der Waals surface area contributed by atoms with Crippen molar-refractivity contribution >= 4 is 17.0 Å². The van der Waals surface area contributed by atoms with Crippen LogP contribution in [0.2, 0.25) is 0 Å². The second kappa shape index (κ2) is 5.96. The first kappa shape index (κ1) is 14.2. The molecule has 1 aliphatic rings. The van der Waals surface area contributed by atoms with Gasteiger partial charge in [0.2, 0.25) is 5.95 Å². The molecule has 0 aliphatic heterocycles. The molecule has 0 spiro atoms. The average molecular weight is 287 g/mol. The molecule has 1 fully saturated rings. The zero-order chi connectivity index (χ0) is 14.8. The molecule has 4 nitrogen and oxygen atoms in total. The maximum atomic E-state index is 6.09. The van der Waals surface area contributed by atoms with Crippen LogP contribution in [-0.4, -0.2) is 16.7 Å². The Hall–Kier alpha value is -1.71. The van der Waals surface area contributed by atoms with Gasteiger partial charge in [-0.25, -0.2) is 4.98 Å². The van der Waals surface area contributed by atoms with Crippen LogP contribution in [0.15, 0.2) is 18.2 Å². The van der Waals surface area contributed by atoms with Crippen LogP contribution in [0.1, 0.15) is 39.0 Å². The Bertz CT molecular complexity index is 612. The van der Waals surface area contributed by atoms with Gasteiger partial charge in [0.05, 0.1) is 18.1 Å². The summed E-state index contributed by atoms with van der Waals surface area (Å²) in [5.41, 5.74) is 8.12. The Balaban J connectivity index is 1.73. The number of aromatic nitrogens is 2. The largest absolute Gasteiger partial charge is 0.497 e. The van der Waals surface area contributed by atoms with E-state index in [1.165, 1.54) is 32.1 Å². The van der Waals surface area contributed by atoms with Crippen LogP contribution in [-0.2, 0) is 6.54 Å². The Morgan fingerprint density at radius 2 is 2.05 bits per heavy atom. The van der Waals surface area contributed by atoms with Crippen molar-refractivity contribution in [3.05, 3.63) is 18.2 Å². The molecule has 4 heteroatoms. The maximum absolute atomic E-state index is 6.09. The molecule has 2 N–H and O–H groups in total. The number of nitrogen functional groups attached to an aromatic ring is 1. The highest BCUT2D eigenvalue weighted by Gasteiger charge is 2.19. The van der Waals surface area contributed by atoms with E-state index in [0.717, 1.165) is 35.2 Å². The minimum atomic E-state index is 0.613. The number of benzene rings is 1. The number of fused-ring (bicyclic) bond motifs is 1. The van der Waals surface area contributed by atoms with E-state index in [-0.39, 0.29) is 0 Å². The lowest BCUT2D eigenvalue weighted by atomic mass is 9.81. The summed E-state index contributed by atoms with van der Waals surface area (Å²) >= 11 is 0. The van der Waals surface area contributed by atoms with Gasteiger partial charge in [0.15, 0.2) is 0 Å². The Labute approximate surface area is 126 Å². The molecule has 1 saturated carbocycles. The second-order valence-electron chi connectivity index (χ2n) is 6.39. The zero-order valence-electron chi connectivity index (χ0n) is 13.0. The number of hydrogen-bond donors (Lipinski definition) is 1. The second-order valence-corrected chi connectivity index (χ2v) is 6.39. The molecule has 1 aromatic carbocycles. The standard InChI is InChI=1S/C17H25N3O/c1-12-3-5-13(6-4-12)9-10-20-16-8-7-14(21-2)11-15(16)19-17(20)18/h7-8,11-13H,3-6,9-10H2,1-2H3,(H2,18,19). The van der Waals surface area contributed by atoms with Crippen LogP contribution in [0, 0.1) is 11.8 Å². The number of anilines is 1. The molecular formula is C17H25N3O. The number of methoxy groups -OCH3 is 1. The van der Waals surface area contributed by atoms with Gasteiger partial charge < -0.3 is 15.0 Å². The van der Waals surface area contributed by atoms with Crippen molar-refractivity contribution in [1.29, 1.82) is 0 Å². The molecule has 0 unspecified atom stereocenters. The summed E-state index contributed by atoms with van der Waals surface area (Å²) in [4.78, 5) is 4.46. The molecule has 1 aromatic heterocycles. The number of ether oxygens (including phenoxy) is 1. The number of imidazole rings is 1. The molecule has 114 valence electrons. The van der Waals surface area contributed by atoms with Gasteiger partial charge in [-0.15, -0.1) is 0 Å². The molecule has 0 atom stereocenters. The predicted molar refractivity (Wildman–Crippen MR) is 86.4 cm³/mol. The third-order valence-corrected chi connectivity index (χ3v) is 4.88. The average Bonchev–Trinajstić information content (AvgIpc) is 2.81. The first-order valence-electron chi connectivity index (χ1n) is 7.97. The summed E-state index contributed by atoms with van der Waals surface area (Å²) in [6.07, 6.45) is 6.68. The summed E-state index contributed by atoms with van der Waals surface area (Å²) in [7, 11) is 1.67. The number of nitrogens with zero attached hydrogens (tertiary/aromatic N) is 2. The fraction of sp³-hybridized carbons (Fsp3) is 0.588. The van der Waals surface area contributed by atoms with Gasteiger partial charge in [0.1, 0.15) is 5.75 Å². The van der Waals surface area contributed by atoms with Crippen molar-refractivity contribution in [2.75, 3.05) is 12.8 Å². The van der Waals surface area contributed by atoms with E-state index < -0.39 is 0 Å². The van der Waals surface area contributed by atoms with Gasteiger partial charge in [-0.05, 0) is 30.4 Å². The van der Waals surface area contributed by atoms with Gasteiger partial charge in [-0.1, -0.05) is 32.6 Å². The SMILES string of the molecule is COc1ccc2c(c1)nc(N)n2CCC1CCC(C)CC1. The molecular weight excluding hydrogens is 262 g/mol. The van der Waals surface area contributed by atoms with Crippen LogP contribution < -0.4 is 10.5 Å². The summed E-state index contributed by atoms with van der Waals surface area (Å²) < 4.78 is 7.39. The normalized spacial score (nSPS) is 22.6. The topological polar surface area (TPSA) is 53.1 Å². The molecule has 21 heavy (non-hydrogen) atoms. The zero-order valence-corrected chi connectivity index (χ0v) is 13.0. The van der Waals surface area contributed by atoms with E-state index in [0.29, 0.717) is 5.95 Å². The number of nitrogens with two attached hydrogens (primary N) is 1. The lowest BCUT2D eigenvalue weighted by molar-refractivity contribution is 0.270. The van der Waals surface area contributed by atoms with E-state index >= 15 is 0 Å². The third-order valence-electron chi connectivity index (χ3n) is 4.88. The molecule has 3 rings (SSSR count). The van der Waals surface area contributed by atoms with E-state index in [1.54, 1.807) is 7.11 Å². The number of rotatable bonds is 4. The van der Waals surface area contributed by atoms with Crippen molar-refractivity contribution in [3.8, 4) is 5.75 Å². The molecule has 0 amide bonds. The summed E-state index contributed by atoms with van der Waals surface area (Å²) in [5.74, 6) is 3.19. The van der Waals surface area contributed by atoms with Crippen molar-refractivity contribution in [2.24, 2.45) is 11.8 Å². The van der Waals surface area contributed by atoms with Crippen molar-refractivity contribution in [3.63, 3.8) is 0 Å². The third kappa shape index (κ3) is 2.99. The lowest BCUT2D eigenvalue weighted by Gasteiger charge is -2.26. The van der Waals surface area contributed by atoms with Crippen LogP contribution in [0.25, 0.3) is 11.0 Å². The van der Waals surface area contributed by atoms with E-state index in [4.69, 9.17) is 10.5 Å². The number of hydrogen-bond acceptors (Lipinski definition) is 3. The van der Waals surface area contributed by atoms with E-state index in [1.807, 2.05) is 12.1 Å². The quantitative estimate of drug-likeness (QED) is 0.929. The molecule has 2 aromatic rings. The minimum Gasteiger partial charge on any atom is -0.497 e. The van der Waals surface area contributed by atoms with Crippen LogP contribution in [0.3, 0.4) is 0 Å². The Morgan fingerprint density at radius 3 is 2.76 bits per heavy atom. The van der Waals surface area contributed by atoms with Gasteiger partial charge in [0, 0.05) is 12.6 Å². The highest BCUT2D eigenvalue weighted by atomic mass is 16.5. The minimum absolute atomic E-state index is 0.613. The molecule has 1 heterocycles. The van der Waals surface area contributed by atoms with E-state index in [2.05, 4.69) is 22.5 Å². The first-order valence-corrected chi connectivity index (χ1v) is 7.97. The molecule has 0 bridgehead atoms. The van der Waals surface area contributed by atoms with Crippen LogP contribution >= 0.6 is 0 Å². The van der Waals surface area contributed by atoms with Gasteiger partial charge >= 0.3 is 0 Å². The van der Waals surface area contributed by atoms with Crippen LogP contribution in [0.4, 0.5) is 5.95 Å².